The molecule has 0 radical (unpaired) electrons. The summed E-state index contributed by atoms with van der Waals surface area (Å²) in [5.74, 6) is 0. The molecule has 3 nitrogen and oxygen atoms in total. The second-order valence-corrected chi connectivity index (χ2v) is 4.36. The normalized spacial score (nSPS) is 13.5. The van der Waals surface area contributed by atoms with E-state index in [1.165, 1.54) is 0 Å². The summed E-state index contributed by atoms with van der Waals surface area (Å²) in [6, 6.07) is 3.86. The molecule has 19 heavy (non-hydrogen) atoms. The van der Waals surface area contributed by atoms with Crippen LogP contribution in [0.3, 0.4) is 0 Å². The number of aromatic nitrogens is 1. The Morgan fingerprint density at radius 3 is 2.74 bits per heavy atom. The van der Waals surface area contributed by atoms with Crippen molar-refractivity contribution in [3.8, 4) is 0 Å². The Morgan fingerprint density at radius 1 is 1.42 bits per heavy atom. The van der Waals surface area contributed by atoms with Crippen LogP contribution in [-0.4, -0.2) is 31.4 Å². The van der Waals surface area contributed by atoms with Crippen molar-refractivity contribution in [2.24, 2.45) is 0 Å². The molecule has 6 heteroatoms. The summed E-state index contributed by atoms with van der Waals surface area (Å²) in [7, 11) is 1.81. The van der Waals surface area contributed by atoms with Crippen LogP contribution in [0, 0.1) is 6.92 Å². The summed E-state index contributed by atoms with van der Waals surface area (Å²) < 4.78 is 40.2. The Hall–Kier alpha value is -1.14. The van der Waals surface area contributed by atoms with E-state index in [4.69, 9.17) is 0 Å². The molecule has 0 aliphatic rings. The van der Waals surface area contributed by atoms with Crippen LogP contribution >= 0.6 is 0 Å². The number of nitrogens with zero attached hydrogens (tertiary/aromatic N) is 1. The van der Waals surface area contributed by atoms with Crippen molar-refractivity contribution in [3.05, 3.63) is 29.6 Å². The first-order valence-corrected chi connectivity index (χ1v) is 6.17. The van der Waals surface area contributed by atoms with Crippen LogP contribution in [0.5, 0.6) is 0 Å². The molecule has 1 heterocycles. The van der Waals surface area contributed by atoms with Gasteiger partial charge in [-0.15, -0.1) is 0 Å². The SMILES string of the molecule is CNC(CCCOCC(F)(F)F)c1ncccc1C. The van der Waals surface area contributed by atoms with Gasteiger partial charge >= 0.3 is 6.18 Å². The van der Waals surface area contributed by atoms with Crippen molar-refractivity contribution < 1.29 is 17.9 Å². The summed E-state index contributed by atoms with van der Waals surface area (Å²) >= 11 is 0. The highest BCUT2D eigenvalue weighted by molar-refractivity contribution is 5.20. The van der Waals surface area contributed by atoms with Gasteiger partial charge < -0.3 is 10.1 Å². The molecule has 0 saturated heterocycles. The predicted molar refractivity (Wildman–Crippen MR) is 66.9 cm³/mol. The lowest BCUT2D eigenvalue weighted by Gasteiger charge is -2.17. The third-order valence-corrected chi connectivity index (χ3v) is 2.78. The van der Waals surface area contributed by atoms with Crippen LogP contribution in [0.4, 0.5) is 13.2 Å². The number of pyridine rings is 1. The molecule has 1 unspecified atom stereocenters. The fraction of sp³-hybridized carbons (Fsp3) is 0.615. The highest BCUT2D eigenvalue weighted by atomic mass is 19.4. The molecule has 0 spiro atoms. The number of ether oxygens (including phenoxy) is 1. The fourth-order valence-corrected chi connectivity index (χ4v) is 1.86. The molecule has 0 aliphatic carbocycles. The summed E-state index contributed by atoms with van der Waals surface area (Å²) in [5.41, 5.74) is 2.00. The highest BCUT2D eigenvalue weighted by Gasteiger charge is 2.27. The van der Waals surface area contributed by atoms with Gasteiger partial charge in [-0.3, -0.25) is 4.98 Å². The molecule has 1 aromatic rings. The van der Waals surface area contributed by atoms with Crippen molar-refractivity contribution in [1.82, 2.24) is 10.3 Å². The highest BCUT2D eigenvalue weighted by Crippen LogP contribution is 2.19. The number of halogens is 3. The van der Waals surface area contributed by atoms with Gasteiger partial charge in [0.25, 0.3) is 0 Å². The Kier molecular flexibility index (Phi) is 6.24. The molecule has 0 bridgehead atoms. The number of hydrogen-bond donors (Lipinski definition) is 1. The van der Waals surface area contributed by atoms with Gasteiger partial charge in [0, 0.05) is 18.8 Å². The predicted octanol–water partition coefficient (Wildman–Crippen LogP) is 3.01. The maximum atomic E-state index is 11.9. The van der Waals surface area contributed by atoms with E-state index < -0.39 is 12.8 Å². The molecule has 108 valence electrons. The van der Waals surface area contributed by atoms with E-state index in [-0.39, 0.29) is 12.6 Å². The molecule has 0 amide bonds. The second-order valence-electron chi connectivity index (χ2n) is 4.36. The van der Waals surface area contributed by atoms with E-state index in [2.05, 4.69) is 15.0 Å². The van der Waals surface area contributed by atoms with Crippen LogP contribution in [0.15, 0.2) is 18.3 Å². The molecular formula is C13H19F3N2O. The maximum Gasteiger partial charge on any atom is 0.411 e. The van der Waals surface area contributed by atoms with Crippen LogP contribution < -0.4 is 5.32 Å². The van der Waals surface area contributed by atoms with Crippen LogP contribution in [0.25, 0.3) is 0 Å². The van der Waals surface area contributed by atoms with E-state index in [1.54, 1.807) is 6.20 Å². The Morgan fingerprint density at radius 2 is 2.16 bits per heavy atom. The van der Waals surface area contributed by atoms with Crippen molar-refractivity contribution in [3.63, 3.8) is 0 Å². The van der Waals surface area contributed by atoms with E-state index in [9.17, 15) is 13.2 Å². The molecule has 1 aromatic heterocycles. The van der Waals surface area contributed by atoms with Crippen molar-refractivity contribution >= 4 is 0 Å². The second kappa shape index (κ2) is 7.45. The minimum atomic E-state index is -4.25. The smallest absolute Gasteiger partial charge is 0.372 e. The Balaban J connectivity index is 2.36. The van der Waals surface area contributed by atoms with Gasteiger partial charge in [0.05, 0.1) is 5.69 Å². The molecule has 0 aromatic carbocycles. The fourth-order valence-electron chi connectivity index (χ4n) is 1.86. The van der Waals surface area contributed by atoms with E-state index in [0.717, 1.165) is 11.3 Å². The maximum absolute atomic E-state index is 11.9. The van der Waals surface area contributed by atoms with E-state index in [0.29, 0.717) is 12.8 Å². The summed E-state index contributed by atoms with van der Waals surface area (Å²) in [4.78, 5) is 4.30. The van der Waals surface area contributed by atoms with E-state index in [1.807, 2.05) is 26.1 Å². The minimum absolute atomic E-state index is 0.0377. The number of rotatable bonds is 7. The molecule has 0 fully saturated rings. The quantitative estimate of drug-likeness (QED) is 0.777. The molecule has 0 aliphatic heterocycles. The number of aryl methyl sites for hydroxylation is 1. The monoisotopic (exact) mass is 276 g/mol. The third-order valence-electron chi connectivity index (χ3n) is 2.78. The zero-order chi connectivity index (χ0) is 14.3. The van der Waals surface area contributed by atoms with Gasteiger partial charge in [0.1, 0.15) is 6.61 Å². The Labute approximate surface area is 111 Å². The number of nitrogens with one attached hydrogen (secondary N) is 1. The topological polar surface area (TPSA) is 34.1 Å². The summed E-state index contributed by atoms with van der Waals surface area (Å²) in [5, 5.41) is 3.13. The lowest BCUT2D eigenvalue weighted by Crippen LogP contribution is -2.20. The lowest BCUT2D eigenvalue weighted by molar-refractivity contribution is -0.174. The van der Waals surface area contributed by atoms with E-state index >= 15 is 0 Å². The van der Waals surface area contributed by atoms with Gasteiger partial charge in [-0.05, 0) is 38.4 Å². The lowest BCUT2D eigenvalue weighted by atomic mass is 10.0. The third kappa shape index (κ3) is 6.02. The largest absolute Gasteiger partial charge is 0.411 e. The molecular weight excluding hydrogens is 257 g/mol. The van der Waals surface area contributed by atoms with Gasteiger partial charge in [0.15, 0.2) is 0 Å². The average molecular weight is 276 g/mol. The first kappa shape index (κ1) is 15.9. The molecule has 1 atom stereocenters. The Bertz CT molecular complexity index is 382. The van der Waals surface area contributed by atoms with Gasteiger partial charge in [0.2, 0.25) is 0 Å². The average Bonchev–Trinajstić information content (AvgIpc) is 2.34. The van der Waals surface area contributed by atoms with Crippen LogP contribution in [-0.2, 0) is 4.74 Å². The first-order valence-electron chi connectivity index (χ1n) is 6.17. The summed E-state index contributed by atoms with van der Waals surface area (Å²) in [6.45, 7) is 0.885. The van der Waals surface area contributed by atoms with Gasteiger partial charge in [-0.25, -0.2) is 0 Å². The summed E-state index contributed by atoms with van der Waals surface area (Å²) in [6.07, 6.45) is -1.30. The van der Waals surface area contributed by atoms with Crippen LogP contribution in [0.1, 0.15) is 30.1 Å². The molecule has 1 rings (SSSR count). The van der Waals surface area contributed by atoms with Crippen molar-refractivity contribution in [2.75, 3.05) is 20.3 Å². The van der Waals surface area contributed by atoms with Gasteiger partial charge in [-0.1, -0.05) is 6.07 Å². The van der Waals surface area contributed by atoms with Gasteiger partial charge in [-0.2, -0.15) is 13.2 Å². The minimum Gasteiger partial charge on any atom is -0.372 e. The van der Waals surface area contributed by atoms with Crippen molar-refractivity contribution in [2.45, 2.75) is 32.0 Å². The zero-order valence-electron chi connectivity index (χ0n) is 11.1. The number of alkyl halides is 3. The standard InChI is InChI=1S/C13H19F3N2O/c1-10-5-3-7-18-12(10)11(17-2)6-4-8-19-9-13(14,15)16/h3,5,7,11,17H,4,6,8-9H2,1-2H3. The number of hydrogen-bond acceptors (Lipinski definition) is 3. The zero-order valence-corrected chi connectivity index (χ0v) is 11.1. The van der Waals surface area contributed by atoms with Crippen LogP contribution in [0.2, 0.25) is 0 Å². The van der Waals surface area contributed by atoms with Crippen molar-refractivity contribution in [1.29, 1.82) is 0 Å². The molecule has 0 saturated carbocycles. The first-order chi connectivity index (χ1) is 8.94. The molecule has 1 N–H and O–H groups in total.